The molecule has 90 valence electrons. The van der Waals surface area contributed by atoms with E-state index in [-0.39, 0.29) is 0 Å². The number of nitrogens with zero attached hydrogens (tertiary/aromatic N) is 2. The van der Waals surface area contributed by atoms with E-state index in [9.17, 15) is 0 Å². The zero-order valence-electron chi connectivity index (χ0n) is 10.1. The van der Waals surface area contributed by atoms with Crippen LogP contribution in [-0.2, 0) is 5.88 Å². The van der Waals surface area contributed by atoms with Gasteiger partial charge in [-0.2, -0.15) is 0 Å². The Kier molecular flexibility index (Phi) is 2.80. The molecule has 1 aromatic carbocycles. The number of pyridine rings is 1. The highest BCUT2D eigenvalue weighted by Crippen LogP contribution is 2.26. The van der Waals surface area contributed by atoms with Crippen molar-refractivity contribution < 1.29 is 0 Å². The number of halogens is 1. The molecule has 0 amide bonds. The summed E-state index contributed by atoms with van der Waals surface area (Å²) in [6, 6.07) is 14.3. The first-order valence-electron chi connectivity index (χ1n) is 5.89. The molecule has 0 N–H and O–H groups in total. The lowest BCUT2D eigenvalue weighted by molar-refractivity contribution is 1.08. The Morgan fingerprint density at radius 1 is 1.11 bits per heavy atom. The van der Waals surface area contributed by atoms with Gasteiger partial charge < -0.3 is 4.40 Å². The topological polar surface area (TPSA) is 17.3 Å². The van der Waals surface area contributed by atoms with Crippen LogP contribution in [0.1, 0.15) is 11.3 Å². The Morgan fingerprint density at radius 2 is 1.89 bits per heavy atom. The molecule has 3 heteroatoms. The highest BCUT2D eigenvalue weighted by molar-refractivity contribution is 6.17. The van der Waals surface area contributed by atoms with Crippen LogP contribution in [0.2, 0.25) is 0 Å². The van der Waals surface area contributed by atoms with Crippen LogP contribution in [0.5, 0.6) is 0 Å². The SMILES string of the molecule is Cc1cccn2c(CCl)c(-c3ccccc3)nc12. The van der Waals surface area contributed by atoms with E-state index in [2.05, 4.69) is 29.5 Å². The van der Waals surface area contributed by atoms with E-state index in [1.54, 1.807) is 0 Å². The van der Waals surface area contributed by atoms with Crippen molar-refractivity contribution in [3.8, 4) is 11.3 Å². The molecule has 3 aromatic rings. The minimum atomic E-state index is 0.453. The summed E-state index contributed by atoms with van der Waals surface area (Å²) in [6.45, 7) is 2.06. The highest BCUT2D eigenvalue weighted by atomic mass is 35.5. The van der Waals surface area contributed by atoms with E-state index in [0.717, 1.165) is 28.2 Å². The molecule has 0 aliphatic carbocycles. The van der Waals surface area contributed by atoms with Crippen LogP contribution in [0.25, 0.3) is 16.9 Å². The number of hydrogen-bond donors (Lipinski definition) is 0. The van der Waals surface area contributed by atoms with E-state index in [0.29, 0.717) is 5.88 Å². The molecule has 0 unspecified atom stereocenters. The van der Waals surface area contributed by atoms with Gasteiger partial charge in [0.15, 0.2) is 0 Å². The first-order chi connectivity index (χ1) is 8.81. The first-order valence-corrected chi connectivity index (χ1v) is 6.42. The largest absolute Gasteiger partial charge is 0.302 e. The predicted molar refractivity (Wildman–Crippen MR) is 74.9 cm³/mol. The molecule has 0 saturated carbocycles. The Labute approximate surface area is 111 Å². The summed E-state index contributed by atoms with van der Waals surface area (Å²) in [5.74, 6) is 0.453. The number of benzene rings is 1. The fourth-order valence-electron chi connectivity index (χ4n) is 2.21. The van der Waals surface area contributed by atoms with Gasteiger partial charge in [0.2, 0.25) is 0 Å². The normalized spacial score (nSPS) is 11.0. The van der Waals surface area contributed by atoms with E-state index in [4.69, 9.17) is 16.6 Å². The van der Waals surface area contributed by atoms with Gasteiger partial charge in [0, 0.05) is 11.8 Å². The number of fused-ring (bicyclic) bond motifs is 1. The predicted octanol–water partition coefficient (Wildman–Crippen LogP) is 4.05. The smallest absolute Gasteiger partial charge is 0.140 e. The third-order valence-electron chi connectivity index (χ3n) is 3.12. The maximum atomic E-state index is 6.09. The van der Waals surface area contributed by atoms with Crippen LogP contribution < -0.4 is 0 Å². The second-order valence-electron chi connectivity index (χ2n) is 4.29. The molecule has 3 rings (SSSR count). The quantitative estimate of drug-likeness (QED) is 0.633. The molecule has 0 radical (unpaired) electrons. The number of alkyl halides is 1. The average Bonchev–Trinajstić information content (AvgIpc) is 2.80. The van der Waals surface area contributed by atoms with Crippen LogP contribution in [0, 0.1) is 6.92 Å². The van der Waals surface area contributed by atoms with Crippen molar-refractivity contribution in [2.75, 3.05) is 0 Å². The summed E-state index contributed by atoms with van der Waals surface area (Å²) in [4.78, 5) is 4.73. The summed E-state index contributed by atoms with van der Waals surface area (Å²) in [7, 11) is 0. The van der Waals surface area contributed by atoms with Crippen molar-refractivity contribution >= 4 is 17.2 Å². The minimum Gasteiger partial charge on any atom is -0.302 e. The molecular weight excluding hydrogens is 244 g/mol. The molecule has 0 atom stereocenters. The summed E-state index contributed by atoms with van der Waals surface area (Å²) in [5.41, 5.74) is 5.26. The summed E-state index contributed by atoms with van der Waals surface area (Å²) < 4.78 is 2.07. The lowest BCUT2D eigenvalue weighted by Gasteiger charge is -2.01. The van der Waals surface area contributed by atoms with Crippen molar-refractivity contribution in [2.45, 2.75) is 12.8 Å². The lowest BCUT2D eigenvalue weighted by Crippen LogP contribution is -1.91. The van der Waals surface area contributed by atoms with Crippen LogP contribution in [0.3, 0.4) is 0 Å². The number of imidazole rings is 1. The average molecular weight is 257 g/mol. The van der Waals surface area contributed by atoms with Gasteiger partial charge in [-0.05, 0) is 18.6 Å². The van der Waals surface area contributed by atoms with Crippen molar-refractivity contribution in [3.05, 3.63) is 59.9 Å². The monoisotopic (exact) mass is 256 g/mol. The molecule has 0 bridgehead atoms. The van der Waals surface area contributed by atoms with Gasteiger partial charge in [0.1, 0.15) is 5.65 Å². The number of hydrogen-bond acceptors (Lipinski definition) is 1. The van der Waals surface area contributed by atoms with E-state index in [1.807, 2.05) is 30.5 Å². The van der Waals surface area contributed by atoms with Crippen LogP contribution in [0.15, 0.2) is 48.7 Å². The lowest BCUT2D eigenvalue weighted by atomic mass is 10.1. The molecule has 2 aromatic heterocycles. The Balaban J connectivity index is 2.33. The third kappa shape index (κ3) is 1.70. The molecule has 0 saturated heterocycles. The summed E-state index contributed by atoms with van der Waals surface area (Å²) in [6.07, 6.45) is 2.01. The summed E-state index contributed by atoms with van der Waals surface area (Å²) in [5, 5.41) is 0. The van der Waals surface area contributed by atoms with Gasteiger partial charge in [0.05, 0.1) is 17.3 Å². The second kappa shape index (κ2) is 4.46. The standard InChI is InChI=1S/C15H13ClN2/c1-11-6-5-9-18-13(10-16)14(17-15(11)18)12-7-3-2-4-8-12/h2-9H,10H2,1H3. The van der Waals surface area contributed by atoms with E-state index in [1.165, 1.54) is 0 Å². The van der Waals surface area contributed by atoms with Crippen molar-refractivity contribution in [1.29, 1.82) is 0 Å². The van der Waals surface area contributed by atoms with Crippen LogP contribution >= 0.6 is 11.6 Å². The van der Waals surface area contributed by atoms with Gasteiger partial charge in [-0.1, -0.05) is 36.4 Å². The highest BCUT2D eigenvalue weighted by Gasteiger charge is 2.13. The summed E-state index contributed by atoms with van der Waals surface area (Å²) >= 11 is 6.09. The minimum absolute atomic E-state index is 0.453. The van der Waals surface area contributed by atoms with Crippen molar-refractivity contribution in [1.82, 2.24) is 9.38 Å². The van der Waals surface area contributed by atoms with E-state index < -0.39 is 0 Å². The van der Waals surface area contributed by atoms with Gasteiger partial charge >= 0.3 is 0 Å². The zero-order valence-corrected chi connectivity index (χ0v) is 10.9. The Morgan fingerprint density at radius 3 is 2.61 bits per heavy atom. The maximum Gasteiger partial charge on any atom is 0.140 e. The molecule has 0 fully saturated rings. The van der Waals surface area contributed by atoms with Gasteiger partial charge in [-0.15, -0.1) is 11.6 Å². The van der Waals surface area contributed by atoms with Gasteiger partial charge in [-0.3, -0.25) is 0 Å². The molecular formula is C15H13ClN2. The second-order valence-corrected chi connectivity index (χ2v) is 4.56. The molecule has 2 nitrogen and oxygen atoms in total. The van der Waals surface area contributed by atoms with Gasteiger partial charge in [0.25, 0.3) is 0 Å². The molecule has 0 aliphatic heterocycles. The number of aryl methyl sites for hydroxylation is 1. The number of rotatable bonds is 2. The Hall–Kier alpha value is -1.80. The molecule has 2 heterocycles. The third-order valence-corrected chi connectivity index (χ3v) is 3.37. The molecule has 0 aliphatic rings. The van der Waals surface area contributed by atoms with Crippen molar-refractivity contribution in [2.24, 2.45) is 0 Å². The fourth-order valence-corrected chi connectivity index (χ4v) is 2.46. The zero-order chi connectivity index (χ0) is 12.5. The molecule has 18 heavy (non-hydrogen) atoms. The number of aromatic nitrogens is 2. The van der Waals surface area contributed by atoms with Gasteiger partial charge in [-0.25, -0.2) is 4.98 Å². The molecule has 0 spiro atoms. The Bertz CT molecular complexity index is 686. The van der Waals surface area contributed by atoms with E-state index >= 15 is 0 Å². The fraction of sp³-hybridized carbons (Fsp3) is 0.133. The maximum absolute atomic E-state index is 6.09. The van der Waals surface area contributed by atoms with Crippen LogP contribution in [-0.4, -0.2) is 9.38 Å². The van der Waals surface area contributed by atoms with Crippen LogP contribution in [0.4, 0.5) is 0 Å². The van der Waals surface area contributed by atoms with Crippen molar-refractivity contribution in [3.63, 3.8) is 0 Å². The first kappa shape index (κ1) is 11.3.